The Bertz CT molecular complexity index is 797. The number of fused-ring (bicyclic) bond motifs is 7. The summed E-state index contributed by atoms with van der Waals surface area (Å²) in [5.74, 6) is 7.46. The summed E-state index contributed by atoms with van der Waals surface area (Å²) < 4.78 is 0. The average Bonchev–Trinajstić information content (AvgIpc) is 3.44. The van der Waals surface area contributed by atoms with E-state index in [4.69, 9.17) is 10.7 Å². The molecule has 10 unspecified atom stereocenters. The molecule has 162 valence electrons. The first-order chi connectivity index (χ1) is 14.4. The summed E-state index contributed by atoms with van der Waals surface area (Å²) in [4.78, 5) is 13.3. The molecule has 0 heterocycles. The van der Waals surface area contributed by atoms with E-state index >= 15 is 0 Å². The van der Waals surface area contributed by atoms with Crippen molar-refractivity contribution in [2.24, 2.45) is 58.7 Å². The molecule has 0 aromatic carbocycles. The maximum Gasteiger partial charge on any atom is 0.155 e. The molecule has 5 aliphatic rings. The number of nitriles is 1. The van der Waals surface area contributed by atoms with Crippen molar-refractivity contribution in [2.75, 3.05) is 6.54 Å². The molecule has 0 aromatic rings. The molecule has 0 bridgehead atoms. The van der Waals surface area contributed by atoms with Gasteiger partial charge in [0.25, 0.3) is 0 Å². The molecule has 4 nitrogen and oxygen atoms in total. The van der Waals surface area contributed by atoms with Gasteiger partial charge in [-0.05, 0) is 110 Å². The number of hydrogen-bond donors (Lipinski definition) is 2. The molecule has 2 N–H and O–H groups in total. The van der Waals surface area contributed by atoms with Crippen LogP contribution >= 0.6 is 0 Å². The Balaban J connectivity index is 1.29. The predicted molar refractivity (Wildman–Crippen MR) is 118 cm³/mol. The summed E-state index contributed by atoms with van der Waals surface area (Å²) in [6, 6.07) is 1.79. The fourth-order valence-electron chi connectivity index (χ4n) is 9.11. The third kappa shape index (κ3) is 3.15. The Hall–Kier alpha value is -1.63. The third-order valence-corrected chi connectivity index (χ3v) is 10.1. The fourth-order valence-corrected chi connectivity index (χ4v) is 9.11. The van der Waals surface area contributed by atoms with Crippen molar-refractivity contribution < 1.29 is 4.79 Å². The Kier molecular flexibility index (Phi) is 5.07. The lowest BCUT2D eigenvalue weighted by Crippen LogP contribution is -2.51. The van der Waals surface area contributed by atoms with Crippen LogP contribution in [0.1, 0.15) is 65.2 Å². The van der Waals surface area contributed by atoms with Crippen LogP contribution < -0.4 is 5.32 Å². The molecule has 4 heteroatoms. The number of allylic oxidation sites excluding steroid dienone is 1. The van der Waals surface area contributed by atoms with Crippen LogP contribution in [0.25, 0.3) is 0 Å². The van der Waals surface area contributed by atoms with Gasteiger partial charge in [0.1, 0.15) is 11.8 Å². The number of Topliss-reactive ketones (excluding diaryl/α,β-unsaturated/α-hetero) is 1. The second-order valence-corrected chi connectivity index (χ2v) is 11.6. The summed E-state index contributed by atoms with van der Waals surface area (Å²) in [5, 5.41) is 19.1. The zero-order valence-corrected chi connectivity index (χ0v) is 18.6. The lowest BCUT2D eigenvalue weighted by atomic mass is 9.48. The first kappa shape index (κ1) is 20.3. The summed E-state index contributed by atoms with van der Waals surface area (Å²) in [6.45, 7) is 5.25. The molecular formula is C26H37N3O. The van der Waals surface area contributed by atoms with Gasteiger partial charge in [-0.2, -0.15) is 5.26 Å². The van der Waals surface area contributed by atoms with Crippen LogP contribution in [0.3, 0.4) is 0 Å². The number of carbonyl (C=O) groups excluding carboxylic acids is 1. The third-order valence-electron chi connectivity index (χ3n) is 10.1. The normalized spacial score (nSPS) is 48.6. The molecule has 0 aliphatic heterocycles. The van der Waals surface area contributed by atoms with Crippen LogP contribution in [0.4, 0.5) is 0 Å². The van der Waals surface area contributed by atoms with E-state index in [2.05, 4.69) is 19.2 Å². The highest BCUT2D eigenvalue weighted by Gasteiger charge is 2.70. The van der Waals surface area contributed by atoms with Gasteiger partial charge in [0, 0.05) is 5.92 Å². The summed E-state index contributed by atoms with van der Waals surface area (Å²) in [7, 11) is 0. The first-order valence-corrected chi connectivity index (χ1v) is 12.4. The Morgan fingerprint density at radius 3 is 2.70 bits per heavy atom. The highest BCUT2D eigenvalue weighted by atomic mass is 16.1. The zero-order chi connectivity index (χ0) is 21.0. The monoisotopic (exact) mass is 407 g/mol. The van der Waals surface area contributed by atoms with Crippen LogP contribution in [-0.4, -0.2) is 18.0 Å². The number of nitrogens with zero attached hydrogens (tertiary/aromatic N) is 1. The van der Waals surface area contributed by atoms with Crippen molar-refractivity contribution in [1.82, 2.24) is 5.32 Å². The van der Waals surface area contributed by atoms with E-state index in [1.807, 2.05) is 0 Å². The van der Waals surface area contributed by atoms with Crippen molar-refractivity contribution in [1.29, 1.82) is 10.7 Å². The van der Waals surface area contributed by atoms with Crippen LogP contribution in [0.2, 0.25) is 0 Å². The molecule has 5 saturated carbocycles. The number of nitrogens with one attached hydrogen (secondary N) is 2. The van der Waals surface area contributed by atoms with Crippen LogP contribution in [0, 0.1) is 75.4 Å². The first-order valence-electron chi connectivity index (χ1n) is 12.4. The van der Waals surface area contributed by atoms with E-state index in [1.165, 1.54) is 57.4 Å². The van der Waals surface area contributed by atoms with Crippen LogP contribution in [0.15, 0.2) is 12.3 Å². The maximum atomic E-state index is 13.3. The highest BCUT2D eigenvalue weighted by Crippen LogP contribution is 2.74. The predicted octanol–water partition coefficient (Wildman–Crippen LogP) is 4.96. The van der Waals surface area contributed by atoms with E-state index in [9.17, 15) is 4.79 Å². The molecule has 5 aliphatic carbocycles. The lowest BCUT2D eigenvalue weighted by molar-refractivity contribution is -0.132. The van der Waals surface area contributed by atoms with E-state index in [0.29, 0.717) is 18.2 Å². The fraction of sp³-hybridized carbons (Fsp3) is 0.808. The van der Waals surface area contributed by atoms with Crippen molar-refractivity contribution in [2.45, 2.75) is 65.2 Å². The van der Waals surface area contributed by atoms with Gasteiger partial charge < -0.3 is 5.32 Å². The van der Waals surface area contributed by atoms with Gasteiger partial charge in [0.05, 0.1) is 6.54 Å². The quantitative estimate of drug-likeness (QED) is 0.632. The van der Waals surface area contributed by atoms with Gasteiger partial charge >= 0.3 is 0 Å². The smallest absolute Gasteiger partial charge is 0.155 e. The molecule has 10 atom stereocenters. The molecule has 0 amide bonds. The Labute approximate surface area is 181 Å². The second-order valence-electron chi connectivity index (χ2n) is 11.6. The Morgan fingerprint density at radius 1 is 1.10 bits per heavy atom. The molecule has 30 heavy (non-hydrogen) atoms. The standard InChI is InChI=1S/C26H37N3O/c1-15-3-5-18-16(11-15)4-6-20-19(18)7-9-26(2)24(20)21-12-22(21)25(26)23(30)14-29-10-8-17(28)13-27/h8,10,15-16,18-22,24-25,28-29H,3-7,9,11-12,14H2,1-2H3/b10-8-,28-17?. The van der Waals surface area contributed by atoms with Gasteiger partial charge in [0.15, 0.2) is 5.78 Å². The molecule has 0 spiro atoms. The number of rotatable bonds is 5. The lowest BCUT2D eigenvalue weighted by Gasteiger charge is -2.57. The molecule has 0 aromatic heterocycles. The zero-order valence-electron chi connectivity index (χ0n) is 18.6. The van der Waals surface area contributed by atoms with Gasteiger partial charge in [-0.15, -0.1) is 0 Å². The highest BCUT2D eigenvalue weighted by molar-refractivity contribution is 6.04. The largest absolute Gasteiger partial charge is 0.384 e. The minimum absolute atomic E-state index is 0.0869. The number of hydrogen-bond acceptors (Lipinski definition) is 4. The van der Waals surface area contributed by atoms with Gasteiger partial charge in [-0.1, -0.05) is 20.3 Å². The summed E-state index contributed by atoms with van der Waals surface area (Å²) in [5.41, 5.74) is 0.113. The van der Waals surface area contributed by atoms with E-state index in [-0.39, 0.29) is 17.0 Å². The van der Waals surface area contributed by atoms with Crippen LogP contribution in [0.5, 0.6) is 0 Å². The molecular weight excluding hydrogens is 370 g/mol. The minimum atomic E-state index is -0.0869. The maximum absolute atomic E-state index is 13.3. The molecule has 0 radical (unpaired) electrons. The van der Waals surface area contributed by atoms with Crippen LogP contribution in [-0.2, 0) is 4.79 Å². The number of ketones is 1. The summed E-state index contributed by atoms with van der Waals surface area (Å²) in [6.07, 6.45) is 14.1. The number of carbonyl (C=O) groups is 1. The molecule has 5 rings (SSSR count). The van der Waals surface area contributed by atoms with Gasteiger partial charge in [0.2, 0.25) is 0 Å². The Morgan fingerprint density at radius 2 is 1.90 bits per heavy atom. The van der Waals surface area contributed by atoms with Crippen molar-refractivity contribution in [3.63, 3.8) is 0 Å². The second kappa shape index (κ2) is 7.50. The van der Waals surface area contributed by atoms with E-state index < -0.39 is 0 Å². The van der Waals surface area contributed by atoms with Crippen molar-refractivity contribution in [3.8, 4) is 6.07 Å². The summed E-state index contributed by atoms with van der Waals surface area (Å²) >= 11 is 0. The SMILES string of the molecule is CC1CCC2C(CCC3C2CCC2(C)C(C(=O)CN/C=C\C(=N)C#N)C4CC4C32)C1. The van der Waals surface area contributed by atoms with E-state index in [0.717, 1.165) is 41.4 Å². The molecule has 0 saturated heterocycles. The molecule has 5 fully saturated rings. The topological polar surface area (TPSA) is 76.7 Å². The van der Waals surface area contributed by atoms with Crippen molar-refractivity contribution >= 4 is 11.5 Å². The van der Waals surface area contributed by atoms with E-state index in [1.54, 1.807) is 12.3 Å². The van der Waals surface area contributed by atoms with Crippen molar-refractivity contribution in [3.05, 3.63) is 12.3 Å². The average molecular weight is 408 g/mol. The van der Waals surface area contributed by atoms with Gasteiger partial charge in [-0.25, -0.2) is 0 Å². The van der Waals surface area contributed by atoms with Gasteiger partial charge in [-0.3, -0.25) is 10.2 Å². The minimum Gasteiger partial charge on any atom is -0.384 e.